The van der Waals surface area contributed by atoms with Crippen LogP contribution in [0.1, 0.15) is 5.56 Å². The Morgan fingerprint density at radius 2 is 1.72 bits per heavy atom. The van der Waals surface area contributed by atoms with Crippen molar-refractivity contribution >= 4 is 21.0 Å². The van der Waals surface area contributed by atoms with Crippen molar-refractivity contribution < 1.29 is 25.8 Å². The molecule has 2 aromatic carbocycles. The van der Waals surface area contributed by atoms with Gasteiger partial charge in [0.15, 0.2) is 0 Å². The van der Waals surface area contributed by atoms with Gasteiger partial charge in [-0.3, -0.25) is 4.98 Å². The fraction of sp³-hybridized carbons (Fsp3) is 0.118. The summed E-state index contributed by atoms with van der Waals surface area (Å²) in [5.74, 6) is -0.445. The minimum absolute atomic E-state index is 0.329. The monoisotopic (exact) mass is 367 g/mol. The largest absolute Gasteiger partial charge is 0.534 e. The van der Waals surface area contributed by atoms with Gasteiger partial charge in [0.2, 0.25) is 0 Å². The highest BCUT2D eigenvalue weighted by atomic mass is 32.2. The van der Waals surface area contributed by atoms with E-state index in [4.69, 9.17) is 0 Å². The number of hydrogen-bond donors (Lipinski definition) is 0. The molecule has 0 saturated heterocycles. The first kappa shape index (κ1) is 17.2. The van der Waals surface area contributed by atoms with Gasteiger partial charge in [0.25, 0.3) is 0 Å². The molecule has 1 heterocycles. The van der Waals surface area contributed by atoms with Crippen LogP contribution in [0.5, 0.6) is 5.75 Å². The number of aromatic nitrogens is 1. The van der Waals surface area contributed by atoms with Crippen LogP contribution >= 0.6 is 0 Å². The molecule has 0 spiro atoms. The first-order valence-corrected chi connectivity index (χ1v) is 8.55. The molecule has 0 aliphatic carbocycles. The third-order valence-corrected chi connectivity index (χ3v) is 4.62. The molecule has 8 heteroatoms. The number of benzene rings is 2. The van der Waals surface area contributed by atoms with Crippen molar-refractivity contribution in [3.8, 4) is 16.9 Å². The molecular formula is C17H12F3NO3S. The molecule has 1 aromatic heterocycles. The lowest BCUT2D eigenvalue weighted by Crippen LogP contribution is -2.28. The zero-order valence-electron chi connectivity index (χ0n) is 12.9. The van der Waals surface area contributed by atoms with E-state index in [1.165, 1.54) is 24.4 Å². The van der Waals surface area contributed by atoms with E-state index in [9.17, 15) is 21.6 Å². The zero-order chi connectivity index (χ0) is 18.2. The lowest BCUT2D eigenvalue weighted by Gasteiger charge is -2.12. The summed E-state index contributed by atoms with van der Waals surface area (Å²) >= 11 is 0. The lowest BCUT2D eigenvalue weighted by atomic mass is 9.97. The molecule has 0 aliphatic rings. The van der Waals surface area contributed by atoms with E-state index >= 15 is 0 Å². The minimum Gasteiger partial charge on any atom is -0.376 e. The van der Waals surface area contributed by atoms with Gasteiger partial charge >= 0.3 is 15.6 Å². The first-order valence-electron chi connectivity index (χ1n) is 7.14. The minimum atomic E-state index is -5.72. The lowest BCUT2D eigenvalue weighted by molar-refractivity contribution is -0.0500. The molecule has 0 aliphatic heterocycles. The van der Waals surface area contributed by atoms with Crippen molar-refractivity contribution in [2.75, 3.05) is 0 Å². The Labute approximate surface area is 142 Å². The van der Waals surface area contributed by atoms with Crippen LogP contribution in [0, 0.1) is 6.92 Å². The summed E-state index contributed by atoms with van der Waals surface area (Å²) in [6.07, 6.45) is 1.51. The number of rotatable bonds is 3. The quantitative estimate of drug-likeness (QED) is 0.507. The smallest absolute Gasteiger partial charge is 0.376 e. The molecule has 3 aromatic rings. The number of halogens is 3. The average Bonchev–Trinajstić information content (AvgIpc) is 2.53. The highest BCUT2D eigenvalue weighted by Gasteiger charge is 2.48. The Kier molecular flexibility index (Phi) is 4.16. The van der Waals surface area contributed by atoms with Gasteiger partial charge in [-0.05, 0) is 41.8 Å². The summed E-state index contributed by atoms with van der Waals surface area (Å²) in [6.45, 7) is 1.94. The van der Waals surface area contributed by atoms with Crippen LogP contribution in [0.15, 0.2) is 54.7 Å². The second-order valence-electron chi connectivity index (χ2n) is 5.34. The predicted octanol–water partition coefficient (Wildman–Crippen LogP) is 4.44. The van der Waals surface area contributed by atoms with Gasteiger partial charge in [-0.1, -0.05) is 24.3 Å². The summed E-state index contributed by atoms with van der Waals surface area (Å²) in [5, 5.41) is 0.675. The fourth-order valence-electron chi connectivity index (χ4n) is 2.46. The number of aryl methyl sites for hydroxylation is 1. The fourth-order valence-corrected chi connectivity index (χ4v) is 2.92. The van der Waals surface area contributed by atoms with Crippen LogP contribution in [0.4, 0.5) is 13.2 Å². The van der Waals surface area contributed by atoms with Crippen LogP contribution in [0.2, 0.25) is 0 Å². The molecule has 4 nitrogen and oxygen atoms in total. The molecule has 0 unspecified atom stereocenters. The van der Waals surface area contributed by atoms with Crippen molar-refractivity contribution in [3.05, 3.63) is 60.3 Å². The molecule has 0 atom stereocenters. The van der Waals surface area contributed by atoms with E-state index < -0.39 is 21.4 Å². The summed E-state index contributed by atoms with van der Waals surface area (Å²) < 4.78 is 63.7. The van der Waals surface area contributed by atoms with Gasteiger partial charge < -0.3 is 4.18 Å². The molecule has 0 saturated carbocycles. The van der Waals surface area contributed by atoms with E-state index in [2.05, 4.69) is 9.17 Å². The highest BCUT2D eigenvalue weighted by Crippen LogP contribution is 2.33. The molecule has 3 rings (SSSR count). The molecule has 130 valence electrons. The predicted molar refractivity (Wildman–Crippen MR) is 87.5 cm³/mol. The van der Waals surface area contributed by atoms with E-state index in [1.54, 1.807) is 6.07 Å². The first-order chi connectivity index (χ1) is 11.7. The molecule has 25 heavy (non-hydrogen) atoms. The second-order valence-corrected chi connectivity index (χ2v) is 6.87. The van der Waals surface area contributed by atoms with Gasteiger partial charge in [0.1, 0.15) is 5.75 Å². The maximum absolute atomic E-state index is 12.4. The maximum Gasteiger partial charge on any atom is 0.534 e. The standard InChI is InChI=1S/C17H12F3NO3S/c1-11-4-2-3-5-13(11)14-8-9-21-16-10-12(6-7-15(14)16)24-25(22,23)17(18,19)20/h2-10H,1H3. The van der Waals surface area contributed by atoms with Crippen molar-refractivity contribution in [1.29, 1.82) is 0 Å². The van der Waals surface area contributed by atoms with Crippen LogP contribution < -0.4 is 4.18 Å². The molecule has 0 fully saturated rings. The van der Waals surface area contributed by atoms with Gasteiger partial charge in [-0.25, -0.2) is 0 Å². The van der Waals surface area contributed by atoms with Crippen molar-refractivity contribution in [3.63, 3.8) is 0 Å². The van der Waals surface area contributed by atoms with E-state index in [0.717, 1.165) is 16.7 Å². The summed E-state index contributed by atoms with van der Waals surface area (Å²) in [6, 6.07) is 13.3. The Hall–Kier alpha value is -2.61. The molecule has 0 N–H and O–H groups in total. The maximum atomic E-state index is 12.4. The van der Waals surface area contributed by atoms with Crippen LogP contribution in [-0.4, -0.2) is 18.9 Å². The summed E-state index contributed by atoms with van der Waals surface area (Å²) in [4.78, 5) is 4.09. The molecular weight excluding hydrogens is 355 g/mol. The van der Waals surface area contributed by atoms with Crippen molar-refractivity contribution in [2.45, 2.75) is 12.4 Å². The molecule has 0 amide bonds. The van der Waals surface area contributed by atoms with Crippen LogP contribution in [0.3, 0.4) is 0 Å². The second kappa shape index (κ2) is 6.03. The van der Waals surface area contributed by atoms with Gasteiger partial charge in [0, 0.05) is 17.6 Å². The number of alkyl halides is 3. The SMILES string of the molecule is Cc1ccccc1-c1ccnc2cc(OS(=O)(=O)C(F)(F)F)ccc12. The Bertz CT molecular complexity index is 1050. The highest BCUT2D eigenvalue weighted by molar-refractivity contribution is 7.88. The van der Waals surface area contributed by atoms with Crippen LogP contribution in [0.25, 0.3) is 22.0 Å². The number of hydrogen-bond acceptors (Lipinski definition) is 4. The number of pyridine rings is 1. The van der Waals surface area contributed by atoms with Gasteiger partial charge in [-0.15, -0.1) is 0 Å². The van der Waals surface area contributed by atoms with Gasteiger partial charge in [-0.2, -0.15) is 21.6 Å². The molecule has 0 bridgehead atoms. The third-order valence-electron chi connectivity index (χ3n) is 3.64. The van der Waals surface area contributed by atoms with Crippen molar-refractivity contribution in [2.24, 2.45) is 0 Å². The number of fused-ring (bicyclic) bond motifs is 1. The van der Waals surface area contributed by atoms with Gasteiger partial charge in [0.05, 0.1) is 5.52 Å². The summed E-state index contributed by atoms with van der Waals surface area (Å²) in [7, 11) is -5.72. The Morgan fingerprint density at radius 3 is 2.40 bits per heavy atom. The molecule has 0 radical (unpaired) electrons. The zero-order valence-corrected chi connectivity index (χ0v) is 13.7. The topological polar surface area (TPSA) is 56.3 Å². The van der Waals surface area contributed by atoms with E-state index in [1.807, 2.05) is 31.2 Å². The Balaban J connectivity index is 2.08. The normalized spacial score (nSPS) is 12.3. The third kappa shape index (κ3) is 3.30. The average molecular weight is 367 g/mol. The number of nitrogens with zero attached hydrogens (tertiary/aromatic N) is 1. The summed E-state index contributed by atoms with van der Waals surface area (Å²) in [5.41, 5.74) is -2.34. The Morgan fingerprint density at radius 1 is 1.00 bits per heavy atom. The van der Waals surface area contributed by atoms with E-state index in [0.29, 0.717) is 10.9 Å². The van der Waals surface area contributed by atoms with Crippen LogP contribution in [-0.2, 0) is 10.1 Å². The van der Waals surface area contributed by atoms with Crippen molar-refractivity contribution in [1.82, 2.24) is 4.98 Å². The van der Waals surface area contributed by atoms with E-state index in [-0.39, 0.29) is 0 Å².